The number of carbonyl (C=O) groups is 1. The average Bonchev–Trinajstić information content (AvgIpc) is 3.11. The van der Waals surface area contributed by atoms with Gasteiger partial charge in [-0.2, -0.15) is 0 Å². The van der Waals surface area contributed by atoms with Gasteiger partial charge in [0.25, 0.3) is 0 Å². The second-order valence-corrected chi connectivity index (χ2v) is 5.86. The molecule has 0 unspecified atom stereocenters. The fourth-order valence-electron chi connectivity index (χ4n) is 3.07. The normalized spacial score (nSPS) is 17.2. The fourth-order valence-corrected chi connectivity index (χ4v) is 3.07. The number of nitrogens with zero attached hydrogens (tertiary/aromatic N) is 5. The molecule has 25 heavy (non-hydrogen) atoms. The van der Waals surface area contributed by atoms with E-state index in [1.54, 1.807) is 24.9 Å². The molecule has 8 heteroatoms. The maximum absolute atomic E-state index is 11.7. The summed E-state index contributed by atoms with van der Waals surface area (Å²) in [7, 11) is 0. The first kappa shape index (κ1) is 15.4. The zero-order chi connectivity index (χ0) is 17.2. The molecule has 3 aromatic rings. The van der Waals surface area contributed by atoms with Crippen LogP contribution in [0.25, 0.3) is 11.5 Å². The number of nitrogens with one attached hydrogen (secondary N) is 1. The standard InChI is InChI=1S/C17H16N6O2/c24-17(25)15-14-12(21-10-22-14)4-6-23(15)9-11-7-19-16(20-8-11)13-3-1-2-5-18-13/h1-3,5,7-8,10,15H,4,6,9H2,(H,21,22)(H,24,25)/t15-/m0/s1. The third-order valence-electron chi connectivity index (χ3n) is 4.24. The maximum atomic E-state index is 11.7. The Morgan fingerprint density at radius 3 is 2.80 bits per heavy atom. The largest absolute Gasteiger partial charge is 0.480 e. The minimum atomic E-state index is -0.904. The number of aliphatic carboxylic acids is 1. The molecule has 0 aliphatic carbocycles. The molecule has 0 spiro atoms. The van der Waals surface area contributed by atoms with Crippen LogP contribution in [0.5, 0.6) is 0 Å². The summed E-state index contributed by atoms with van der Waals surface area (Å²) in [5, 5.41) is 9.61. The summed E-state index contributed by atoms with van der Waals surface area (Å²) in [5.41, 5.74) is 3.04. The minimum absolute atomic E-state index is 0.450. The number of pyridine rings is 1. The Morgan fingerprint density at radius 1 is 1.24 bits per heavy atom. The first-order valence-corrected chi connectivity index (χ1v) is 7.93. The van der Waals surface area contributed by atoms with Crippen LogP contribution in [0, 0.1) is 0 Å². The van der Waals surface area contributed by atoms with Crippen LogP contribution in [0.3, 0.4) is 0 Å². The number of rotatable bonds is 4. The number of aromatic amines is 1. The third kappa shape index (κ3) is 2.99. The van der Waals surface area contributed by atoms with Gasteiger partial charge in [0.05, 0.1) is 12.0 Å². The molecule has 0 fully saturated rings. The van der Waals surface area contributed by atoms with Gasteiger partial charge in [-0.05, 0) is 12.1 Å². The highest BCUT2D eigenvalue weighted by molar-refractivity contribution is 5.75. The van der Waals surface area contributed by atoms with E-state index >= 15 is 0 Å². The van der Waals surface area contributed by atoms with Gasteiger partial charge >= 0.3 is 5.97 Å². The smallest absolute Gasteiger partial charge is 0.327 e. The van der Waals surface area contributed by atoms with Crippen molar-refractivity contribution in [2.75, 3.05) is 6.54 Å². The van der Waals surface area contributed by atoms with Crippen LogP contribution in [-0.4, -0.2) is 47.4 Å². The van der Waals surface area contributed by atoms with Crippen molar-refractivity contribution in [1.82, 2.24) is 29.8 Å². The number of carboxylic acids is 1. The van der Waals surface area contributed by atoms with Crippen LogP contribution in [-0.2, 0) is 17.8 Å². The SMILES string of the molecule is O=C(O)[C@@H]1c2nc[nH]c2CCN1Cc1cnc(-c2ccccn2)nc1. The molecule has 1 aliphatic heterocycles. The van der Waals surface area contributed by atoms with Gasteiger partial charge in [0.1, 0.15) is 5.69 Å². The number of hydrogen-bond acceptors (Lipinski definition) is 6. The monoisotopic (exact) mass is 336 g/mol. The molecule has 8 nitrogen and oxygen atoms in total. The Kier molecular flexibility index (Phi) is 3.95. The summed E-state index contributed by atoms with van der Waals surface area (Å²) in [5.74, 6) is -0.355. The Balaban J connectivity index is 1.55. The molecular formula is C17H16N6O2. The molecule has 1 atom stereocenters. The van der Waals surface area contributed by atoms with Crippen molar-refractivity contribution in [3.8, 4) is 11.5 Å². The highest BCUT2D eigenvalue weighted by atomic mass is 16.4. The first-order valence-electron chi connectivity index (χ1n) is 7.93. The second-order valence-electron chi connectivity index (χ2n) is 5.86. The zero-order valence-corrected chi connectivity index (χ0v) is 13.3. The van der Waals surface area contributed by atoms with E-state index in [4.69, 9.17) is 0 Å². The number of fused-ring (bicyclic) bond motifs is 1. The number of carboxylic acid groups (broad SMARTS) is 1. The molecule has 0 aromatic carbocycles. The molecule has 0 saturated heterocycles. The van der Waals surface area contributed by atoms with Gasteiger partial charge in [-0.1, -0.05) is 6.07 Å². The second kappa shape index (κ2) is 6.40. The van der Waals surface area contributed by atoms with Crippen LogP contribution < -0.4 is 0 Å². The van der Waals surface area contributed by atoms with Crippen molar-refractivity contribution < 1.29 is 9.90 Å². The highest BCUT2D eigenvalue weighted by Crippen LogP contribution is 2.28. The van der Waals surface area contributed by atoms with Crippen molar-refractivity contribution >= 4 is 5.97 Å². The van der Waals surface area contributed by atoms with Gasteiger partial charge in [-0.25, -0.2) is 15.0 Å². The van der Waals surface area contributed by atoms with E-state index in [0.29, 0.717) is 30.3 Å². The van der Waals surface area contributed by atoms with E-state index in [2.05, 4.69) is 24.9 Å². The fraction of sp³-hybridized carbons (Fsp3) is 0.235. The van der Waals surface area contributed by atoms with E-state index in [1.807, 2.05) is 23.1 Å². The summed E-state index contributed by atoms with van der Waals surface area (Å²) in [4.78, 5) is 33.7. The van der Waals surface area contributed by atoms with Gasteiger partial charge in [0.2, 0.25) is 0 Å². The van der Waals surface area contributed by atoms with E-state index in [9.17, 15) is 9.90 Å². The van der Waals surface area contributed by atoms with E-state index < -0.39 is 12.0 Å². The molecule has 4 heterocycles. The highest BCUT2D eigenvalue weighted by Gasteiger charge is 2.35. The zero-order valence-electron chi connectivity index (χ0n) is 13.3. The van der Waals surface area contributed by atoms with Crippen molar-refractivity contribution in [2.24, 2.45) is 0 Å². The molecular weight excluding hydrogens is 320 g/mol. The topological polar surface area (TPSA) is 108 Å². The Morgan fingerprint density at radius 2 is 2.08 bits per heavy atom. The Labute approximate surface area is 143 Å². The first-order chi connectivity index (χ1) is 12.2. The van der Waals surface area contributed by atoms with Crippen molar-refractivity contribution in [1.29, 1.82) is 0 Å². The van der Waals surface area contributed by atoms with Crippen LogP contribution in [0.1, 0.15) is 23.0 Å². The molecule has 2 N–H and O–H groups in total. The molecule has 0 radical (unpaired) electrons. The summed E-state index contributed by atoms with van der Waals surface area (Å²) in [6, 6.07) is 4.81. The van der Waals surface area contributed by atoms with Gasteiger partial charge in [-0.15, -0.1) is 0 Å². The lowest BCUT2D eigenvalue weighted by Crippen LogP contribution is -2.39. The number of hydrogen-bond donors (Lipinski definition) is 2. The predicted octanol–water partition coefficient (Wildman–Crippen LogP) is 1.45. The molecule has 126 valence electrons. The van der Waals surface area contributed by atoms with Crippen LogP contribution in [0.2, 0.25) is 0 Å². The van der Waals surface area contributed by atoms with E-state index in [0.717, 1.165) is 17.7 Å². The van der Waals surface area contributed by atoms with E-state index in [-0.39, 0.29) is 0 Å². The lowest BCUT2D eigenvalue weighted by atomic mass is 10.0. The van der Waals surface area contributed by atoms with Crippen LogP contribution in [0.15, 0.2) is 43.1 Å². The molecule has 1 aliphatic rings. The molecule has 0 bridgehead atoms. The summed E-state index contributed by atoms with van der Waals surface area (Å²) in [6.45, 7) is 1.08. The lowest BCUT2D eigenvalue weighted by molar-refractivity contribution is -0.144. The Bertz CT molecular complexity index is 878. The van der Waals surface area contributed by atoms with Gasteiger partial charge in [-0.3, -0.25) is 14.7 Å². The quantitative estimate of drug-likeness (QED) is 0.742. The van der Waals surface area contributed by atoms with Crippen molar-refractivity contribution in [3.63, 3.8) is 0 Å². The van der Waals surface area contributed by atoms with Crippen LogP contribution in [0.4, 0.5) is 0 Å². The Hall–Kier alpha value is -3.13. The summed E-state index contributed by atoms with van der Waals surface area (Å²) >= 11 is 0. The van der Waals surface area contributed by atoms with Crippen molar-refractivity contribution in [3.05, 3.63) is 60.1 Å². The third-order valence-corrected chi connectivity index (χ3v) is 4.24. The molecule has 0 saturated carbocycles. The number of imidazole rings is 1. The van der Waals surface area contributed by atoms with Gasteiger partial charge < -0.3 is 10.1 Å². The summed E-state index contributed by atoms with van der Waals surface area (Å²) < 4.78 is 0. The molecule has 4 rings (SSSR count). The average molecular weight is 336 g/mol. The maximum Gasteiger partial charge on any atom is 0.327 e. The minimum Gasteiger partial charge on any atom is -0.480 e. The van der Waals surface area contributed by atoms with Gasteiger partial charge in [0.15, 0.2) is 11.9 Å². The van der Waals surface area contributed by atoms with Crippen LogP contribution >= 0.6 is 0 Å². The van der Waals surface area contributed by atoms with E-state index in [1.165, 1.54) is 0 Å². The molecule has 3 aromatic heterocycles. The van der Waals surface area contributed by atoms with Crippen molar-refractivity contribution in [2.45, 2.75) is 19.0 Å². The number of H-pyrrole nitrogens is 1. The molecule has 0 amide bonds. The lowest BCUT2D eigenvalue weighted by Gasteiger charge is -2.31. The summed E-state index contributed by atoms with van der Waals surface area (Å²) in [6.07, 6.45) is 7.42. The number of aromatic nitrogens is 5. The predicted molar refractivity (Wildman–Crippen MR) is 88.3 cm³/mol. The van der Waals surface area contributed by atoms with Gasteiger partial charge in [0, 0.05) is 49.4 Å².